The lowest BCUT2D eigenvalue weighted by molar-refractivity contribution is 0.354. The van der Waals surface area contributed by atoms with E-state index in [0.717, 1.165) is 45.3 Å². The molecule has 4 heterocycles. The van der Waals surface area contributed by atoms with Gasteiger partial charge in [0.2, 0.25) is 0 Å². The van der Waals surface area contributed by atoms with Crippen molar-refractivity contribution in [1.82, 2.24) is 30.6 Å². The van der Waals surface area contributed by atoms with Gasteiger partial charge in [-0.1, -0.05) is 48.5 Å². The normalized spacial score (nSPS) is 22.1. The highest BCUT2D eigenvalue weighted by Crippen LogP contribution is 2.30. The lowest BCUT2D eigenvalue weighted by atomic mass is 10.0. The molecule has 0 radical (unpaired) electrons. The van der Waals surface area contributed by atoms with Gasteiger partial charge in [-0.05, 0) is 22.3 Å². The third kappa shape index (κ3) is 6.68. The number of alkyl halides is 2. The molecule has 6 nitrogen and oxygen atoms in total. The highest BCUT2D eigenvalue weighted by Gasteiger charge is 2.28. The Kier molecular flexibility index (Phi) is 11.6. The van der Waals surface area contributed by atoms with E-state index >= 15 is 0 Å². The number of benzene rings is 2. The Labute approximate surface area is 244 Å². The smallest absolute Gasteiger partial charge is 0.123 e. The zero-order valence-electron chi connectivity index (χ0n) is 20.2. The highest BCUT2D eigenvalue weighted by molar-refractivity contribution is 5.86. The van der Waals surface area contributed by atoms with E-state index in [4.69, 9.17) is 0 Å². The quantitative estimate of drug-likeness (QED) is 0.207. The number of rotatable bonds is 5. The zero-order chi connectivity index (χ0) is 23.1. The van der Waals surface area contributed by atoms with E-state index in [1.165, 1.54) is 0 Å². The van der Waals surface area contributed by atoms with Gasteiger partial charge in [0.05, 0.1) is 35.9 Å². The molecule has 4 N–H and O–H groups in total. The van der Waals surface area contributed by atoms with E-state index < -0.39 is 12.3 Å². The number of imidazole rings is 2. The number of halogens is 6. The first-order valence-corrected chi connectivity index (χ1v) is 11.7. The predicted octanol–water partition coefficient (Wildman–Crippen LogP) is 6.57. The summed E-state index contributed by atoms with van der Waals surface area (Å²) in [6, 6.07) is 16.5. The second kappa shape index (κ2) is 13.7. The van der Waals surface area contributed by atoms with Crippen LogP contribution in [0.5, 0.6) is 0 Å². The van der Waals surface area contributed by atoms with Crippen molar-refractivity contribution in [2.24, 2.45) is 0 Å². The zero-order valence-corrected chi connectivity index (χ0v) is 23.5. The lowest BCUT2D eigenvalue weighted by Gasteiger charge is -2.07. The van der Waals surface area contributed by atoms with Gasteiger partial charge in [0.25, 0.3) is 0 Å². The monoisotopic (exact) mass is 604 g/mol. The molecule has 4 aromatic rings. The maximum Gasteiger partial charge on any atom is 0.123 e. The maximum absolute atomic E-state index is 13.5. The summed E-state index contributed by atoms with van der Waals surface area (Å²) in [7, 11) is 0. The summed E-state index contributed by atoms with van der Waals surface area (Å²) in [6.45, 7) is 0.764. The molecule has 38 heavy (non-hydrogen) atoms. The van der Waals surface area contributed by atoms with Crippen LogP contribution < -0.4 is 10.6 Å². The van der Waals surface area contributed by atoms with Gasteiger partial charge in [0.1, 0.15) is 24.0 Å². The van der Waals surface area contributed by atoms with E-state index in [1.54, 1.807) is 12.4 Å². The van der Waals surface area contributed by atoms with E-state index in [-0.39, 0.29) is 61.7 Å². The summed E-state index contributed by atoms with van der Waals surface area (Å²) >= 11 is 0. The number of hydrogen-bond donors (Lipinski definition) is 4. The van der Waals surface area contributed by atoms with Crippen LogP contribution in [0.15, 0.2) is 60.9 Å². The van der Waals surface area contributed by atoms with Gasteiger partial charge in [0, 0.05) is 25.9 Å². The van der Waals surface area contributed by atoms with Crippen LogP contribution in [0.3, 0.4) is 0 Å². The summed E-state index contributed by atoms with van der Waals surface area (Å²) in [6.07, 6.45) is 2.90. The minimum Gasteiger partial charge on any atom is -0.341 e. The summed E-state index contributed by atoms with van der Waals surface area (Å²) in [5.74, 6) is 1.56. The van der Waals surface area contributed by atoms with E-state index in [0.29, 0.717) is 25.9 Å². The molecule has 2 fully saturated rings. The molecule has 0 amide bonds. The highest BCUT2D eigenvalue weighted by atomic mass is 35.5. The van der Waals surface area contributed by atoms with Crippen molar-refractivity contribution >= 4 is 49.6 Å². The van der Waals surface area contributed by atoms with Crippen molar-refractivity contribution in [3.63, 3.8) is 0 Å². The van der Waals surface area contributed by atoms with Gasteiger partial charge in [-0.25, -0.2) is 18.7 Å². The molecule has 206 valence electrons. The first-order valence-electron chi connectivity index (χ1n) is 11.7. The second-order valence-corrected chi connectivity index (χ2v) is 9.11. The molecule has 4 atom stereocenters. The number of nitrogens with zero attached hydrogens (tertiary/aromatic N) is 2. The minimum atomic E-state index is -0.812. The van der Waals surface area contributed by atoms with Gasteiger partial charge in [0.15, 0.2) is 0 Å². The molecule has 0 bridgehead atoms. The molecule has 6 rings (SSSR count). The Hall–Kier alpha value is -2.20. The van der Waals surface area contributed by atoms with Crippen molar-refractivity contribution < 1.29 is 8.78 Å². The standard InChI is InChI=1S/C26H26F2N6.4ClH/c27-19-9-21(29-11-19)25-31-13-23(33-25)17-5-1-15(2-6-17)16-3-7-18(8-4-16)24-14-32-26(34-24)22-10-20(28)12-30-22;;;;/h1-8,13-14,19-22,29-30H,9-12H2,(H,31,33)(H,32,34);4*1H/t19-,20-,21-,22-;;;;/m0..../s1. The van der Waals surface area contributed by atoms with E-state index in [9.17, 15) is 8.78 Å². The van der Waals surface area contributed by atoms with Crippen LogP contribution in [0.25, 0.3) is 33.6 Å². The SMILES string of the molecule is Cl.Cl.Cl.Cl.F[C@@H]1CN[C@H](c2ncc(-c3ccc(-c4ccc(-c5cnc([C@@H]6C[C@H](F)CN6)[nH]5)cc4)cc3)[nH]2)C1. The van der Waals surface area contributed by atoms with Crippen LogP contribution in [0.2, 0.25) is 0 Å². The fourth-order valence-corrected chi connectivity index (χ4v) is 4.81. The summed E-state index contributed by atoms with van der Waals surface area (Å²) < 4.78 is 26.9. The van der Waals surface area contributed by atoms with Crippen molar-refractivity contribution in [3.05, 3.63) is 72.6 Å². The van der Waals surface area contributed by atoms with Gasteiger partial charge >= 0.3 is 0 Å². The number of aromatic nitrogens is 4. The summed E-state index contributed by atoms with van der Waals surface area (Å²) in [5.41, 5.74) is 6.15. The van der Waals surface area contributed by atoms with Crippen molar-refractivity contribution in [2.75, 3.05) is 13.1 Å². The predicted molar refractivity (Wildman–Crippen MR) is 157 cm³/mol. The summed E-state index contributed by atoms with van der Waals surface area (Å²) in [4.78, 5) is 15.5. The molecule has 0 saturated carbocycles. The van der Waals surface area contributed by atoms with Crippen LogP contribution in [0, 0.1) is 0 Å². The number of nitrogens with one attached hydrogen (secondary N) is 4. The third-order valence-corrected chi connectivity index (χ3v) is 6.73. The molecule has 0 aliphatic carbocycles. The Morgan fingerprint density at radius 2 is 0.895 bits per heavy atom. The minimum absolute atomic E-state index is 0. The average molecular weight is 606 g/mol. The van der Waals surface area contributed by atoms with E-state index in [1.807, 2.05) is 0 Å². The first kappa shape index (κ1) is 32.0. The first-order chi connectivity index (χ1) is 16.6. The number of hydrogen-bond acceptors (Lipinski definition) is 4. The van der Waals surface area contributed by atoms with Crippen molar-refractivity contribution in [3.8, 4) is 33.6 Å². The summed E-state index contributed by atoms with van der Waals surface area (Å²) in [5, 5.41) is 6.32. The molecule has 2 aromatic carbocycles. The third-order valence-electron chi connectivity index (χ3n) is 6.73. The maximum atomic E-state index is 13.5. The average Bonchev–Trinajstić information content (AvgIpc) is 3.66. The van der Waals surface area contributed by atoms with Crippen LogP contribution in [0.1, 0.15) is 36.6 Å². The molecular weight excluding hydrogens is 576 g/mol. The largest absolute Gasteiger partial charge is 0.341 e. The Balaban J connectivity index is 0.00000127. The molecule has 2 aliphatic rings. The topological polar surface area (TPSA) is 81.4 Å². The van der Waals surface area contributed by atoms with Crippen molar-refractivity contribution in [2.45, 2.75) is 37.3 Å². The molecule has 2 saturated heterocycles. The fourth-order valence-electron chi connectivity index (χ4n) is 4.81. The molecule has 0 unspecified atom stereocenters. The Morgan fingerprint density at radius 3 is 1.21 bits per heavy atom. The van der Waals surface area contributed by atoms with Gasteiger partial charge in [-0.2, -0.15) is 0 Å². The van der Waals surface area contributed by atoms with Crippen LogP contribution >= 0.6 is 49.6 Å². The molecule has 2 aromatic heterocycles. The Bertz CT molecular complexity index is 1180. The molecule has 2 aliphatic heterocycles. The van der Waals surface area contributed by atoms with Gasteiger partial charge < -0.3 is 20.6 Å². The van der Waals surface area contributed by atoms with Gasteiger partial charge in [-0.3, -0.25) is 0 Å². The molecule has 0 spiro atoms. The second-order valence-electron chi connectivity index (χ2n) is 9.11. The molecular formula is C26H30Cl4F2N6. The van der Waals surface area contributed by atoms with Gasteiger partial charge in [-0.15, -0.1) is 49.6 Å². The molecule has 12 heteroatoms. The lowest BCUT2D eigenvalue weighted by Crippen LogP contribution is -2.14. The fraction of sp³-hybridized carbons (Fsp3) is 0.308. The van der Waals surface area contributed by atoms with E-state index in [2.05, 4.69) is 79.1 Å². The Morgan fingerprint density at radius 1 is 0.553 bits per heavy atom. The number of aromatic amines is 2. The van der Waals surface area contributed by atoms with Crippen LogP contribution in [0.4, 0.5) is 8.78 Å². The van der Waals surface area contributed by atoms with Crippen molar-refractivity contribution in [1.29, 1.82) is 0 Å². The van der Waals surface area contributed by atoms with Crippen LogP contribution in [-0.2, 0) is 0 Å². The number of H-pyrrole nitrogens is 2. The van der Waals surface area contributed by atoms with Crippen LogP contribution in [-0.4, -0.2) is 45.4 Å².